The van der Waals surface area contributed by atoms with Crippen molar-refractivity contribution >= 4 is 11.7 Å². The molecule has 1 atom stereocenters. The molecule has 0 amide bonds. The summed E-state index contributed by atoms with van der Waals surface area (Å²) < 4.78 is 10.7. The lowest BCUT2D eigenvalue weighted by Crippen LogP contribution is -2.54. The second kappa shape index (κ2) is 9.68. The van der Waals surface area contributed by atoms with E-state index >= 15 is 0 Å². The van der Waals surface area contributed by atoms with Crippen molar-refractivity contribution in [2.75, 3.05) is 25.2 Å². The molecular formula is C23H27NO3. The van der Waals surface area contributed by atoms with E-state index in [2.05, 4.69) is 11.8 Å². The van der Waals surface area contributed by atoms with Crippen molar-refractivity contribution in [2.24, 2.45) is 0 Å². The second-order valence-corrected chi connectivity index (χ2v) is 5.99. The van der Waals surface area contributed by atoms with E-state index in [1.807, 2.05) is 80.3 Å². The summed E-state index contributed by atoms with van der Waals surface area (Å²) in [6, 6.07) is 17.3. The highest BCUT2D eigenvalue weighted by molar-refractivity contribution is 5.90. The van der Waals surface area contributed by atoms with Gasteiger partial charge < -0.3 is 14.4 Å². The maximum Gasteiger partial charge on any atom is 0.344 e. The Morgan fingerprint density at radius 1 is 1.04 bits per heavy atom. The minimum Gasteiger partial charge on any atom is -0.497 e. The first-order valence-corrected chi connectivity index (χ1v) is 9.28. The molecule has 1 unspecified atom stereocenters. The van der Waals surface area contributed by atoms with E-state index in [9.17, 15) is 4.79 Å². The van der Waals surface area contributed by atoms with Crippen molar-refractivity contribution in [3.05, 3.63) is 60.2 Å². The van der Waals surface area contributed by atoms with Gasteiger partial charge in [0.05, 0.1) is 13.7 Å². The molecule has 4 nitrogen and oxygen atoms in total. The van der Waals surface area contributed by atoms with Gasteiger partial charge in [0, 0.05) is 17.8 Å². The molecule has 27 heavy (non-hydrogen) atoms. The number of likely N-dealkylation sites (N-methyl/N-ethyl adjacent to an activating group) is 1. The summed E-state index contributed by atoms with van der Waals surface area (Å²) in [5.74, 6) is 6.84. The number of rotatable bonds is 7. The third kappa shape index (κ3) is 4.62. The molecule has 2 rings (SSSR count). The van der Waals surface area contributed by atoms with Crippen LogP contribution in [0.3, 0.4) is 0 Å². The van der Waals surface area contributed by atoms with Crippen LogP contribution in [0.15, 0.2) is 54.6 Å². The van der Waals surface area contributed by atoms with E-state index in [4.69, 9.17) is 9.47 Å². The molecule has 0 saturated carbocycles. The lowest BCUT2D eigenvalue weighted by molar-refractivity contribution is -0.147. The van der Waals surface area contributed by atoms with Gasteiger partial charge in [0.25, 0.3) is 0 Å². The summed E-state index contributed by atoms with van der Waals surface area (Å²) in [5.41, 5.74) is 0.704. The molecule has 0 aliphatic carbocycles. The van der Waals surface area contributed by atoms with Crippen LogP contribution in [0.25, 0.3) is 0 Å². The van der Waals surface area contributed by atoms with Gasteiger partial charge in [-0.1, -0.05) is 37.0 Å². The van der Waals surface area contributed by atoms with Crippen molar-refractivity contribution < 1.29 is 14.3 Å². The number of anilines is 1. The zero-order valence-corrected chi connectivity index (χ0v) is 16.5. The topological polar surface area (TPSA) is 38.8 Å². The molecule has 0 heterocycles. The van der Waals surface area contributed by atoms with Gasteiger partial charge in [-0.25, -0.2) is 4.79 Å². The lowest BCUT2D eigenvalue weighted by Gasteiger charge is -2.38. The van der Waals surface area contributed by atoms with Gasteiger partial charge in [0.2, 0.25) is 0 Å². The minimum atomic E-state index is -1.06. The van der Waals surface area contributed by atoms with Gasteiger partial charge in [-0.3, -0.25) is 0 Å². The summed E-state index contributed by atoms with van der Waals surface area (Å²) in [6.45, 7) is 6.71. The largest absolute Gasteiger partial charge is 0.497 e. The van der Waals surface area contributed by atoms with Crippen molar-refractivity contribution in [1.82, 2.24) is 0 Å². The summed E-state index contributed by atoms with van der Waals surface area (Å²) in [4.78, 5) is 15.0. The molecule has 0 aliphatic rings. The first-order chi connectivity index (χ1) is 13.1. The van der Waals surface area contributed by atoms with Crippen LogP contribution < -0.4 is 9.64 Å². The van der Waals surface area contributed by atoms with E-state index in [0.29, 0.717) is 19.6 Å². The molecule has 0 aromatic heterocycles. The number of nitrogens with zero attached hydrogens (tertiary/aromatic N) is 1. The molecule has 2 aromatic carbocycles. The monoisotopic (exact) mass is 365 g/mol. The number of hydrogen-bond donors (Lipinski definition) is 0. The number of benzene rings is 2. The Morgan fingerprint density at radius 3 is 2.22 bits per heavy atom. The minimum absolute atomic E-state index is 0.313. The smallest absolute Gasteiger partial charge is 0.344 e. The van der Waals surface area contributed by atoms with Gasteiger partial charge in [0.1, 0.15) is 5.75 Å². The maximum atomic E-state index is 13.0. The maximum absolute atomic E-state index is 13.0. The fourth-order valence-corrected chi connectivity index (χ4v) is 3.03. The molecule has 0 N–H and O–H groups in total. The van der Waals surface area contributed by atoms with Crippen molar-refractivity contribution in [3.8, 4) is 17.6 Å². The van der Waals surface area contributed by atoms with Crippen LogP contribution in [0.1, 0.15) is 32.8 Å². The Balaban J connectivity index is 2.54. The molecule has 0 spiro atoms. The molecule has 0 bridgehead atoms. The average molecular weight is 365 g/mol. The summed E-state index contributed by atoms with van der Waals surface area (Å²) in [5, 5.41) is 0. The lowest BCUT2D eigenvalue weighted by atomic mass is 9.92. The number of hydrogen-bond acceptors (Lipinski definition) is 4. The highest BCUT2D eigenvalue weighted by atomic mass is 16.5. The number of esters is 1. The summed E-state index contributed by atoms with van der Waals surface area (Å²) >= 11 is 0. The highest BCUT2D eigenvalue weighted by Crippen LogP contribution is 2.30. The molecule has 0 fully saturated rings. The van der Waals surface area contributed by atoms with Crippen LogP contribution in [0.4, 0.5) is 5.69 Å². The summed E-state index contributed by atoms with van der Waals surface area (Å²) in [7, 11) is 1.63. The fraction of sp³-hybridized carbons (Fsp3) is 0.348. The third-order valence-electron chi connectivity index (χ3n) is 4.47. The third-order valence-corrected chi connectivity index (χ3v) is 4.47. The molecule has 0 radical (unpaired) electrons. The van der Waals surface area contributed by atoms with Gasteiger partial charge in [0.15, 0.2) is 5.54 Å². The van der Waals surface area contributed by atoms with Crippen LogP contribution >= 0.6 is 0 Å². The van der Waals surface area contributed by atoms with E-state index < -0.39 is 5.54 Å². The Kier molecular flexibility index (Phi) is 7.31. The number of ether oxygens (including phenoxy) is 2. The van der Waals surface area contributed by atoms with Crippen LogP contribution in [0.5, 0.6) is 5.75 Å². The SMILES string of the molecule is CCOC(=O)C(C#Cc1ccccc1)(CC)N(CC)c1ccc(OC)cc1. The molecule has 4 heteroatoms. The predicted molar refractivity (Wildman–Crippen MR) is 109 cm³/mol. The standard InChI is InChI=1S/C23H27NO3/c1-5-23(22(25)27-7-3,18-17-19-11-9-8-10-12-19)24(6-2)20-13-15-21(26-4)16-14-20/h8-16H,5-7H2,1-4H3. The van der Waals surface area contributed by atoms with E-state index in [0.717, 1.165) is 17.0 Å². The predicted octanol–water partition coefficient (Wildman–Crippen LogP) is 4.29. The zero-order chi connectivity index (χ0) is 19.7. The molecule has 2 aromatic rings. The van der Waals surface area contributed by atoms with Gasteiger partial charge >= 0.3 is 5.97 Å². The number of carbonyl (C=O) groups excluding carboxylic acids is 1. The molecule has 0 saturated heterocycles. The Labute approximate surface area is 162 Å². The van der Waals surface area contributed by atoms with Crippen molar-refractivity contribution in [2.45, 2.75) is 32.7 Å². The highest BCUT2D eigenvalue weighted by Gasteiger charge is 2.42. The molecule has 0 aliphatic heterocycles. The van der Waals surface area contributed by atoms with Crippen LogP contribution in [-0.2, 0) is 9.53 Å². The Hall–Kier alpha value is -2.93. The zero-order valence-electron chi connectivity index (χ0n) is 16.5. The van der Waals surface area contributed by atoms with Crippen molar-refractivity contribution in [3.63, 3.8) is 0 Å². The average Bonchev–Trinajstić information content (AvgIpc) is 2.72. The van der Waals surface area contributed by atoms with E-state index in [-0.39, 0.29) is 5.97 Å². The summed E-state index contributed by atoms with van der Waals surface area (Å²) in [6.07, 6.45) is 0.505. The molecular weight excluding hydrogens is 338 g/mol. The van der Waals surface area contributed by atoms with E-state index in [1.54, 1.807) is 7.11 Å². The Bertz CT molecular complexity index is 790. The normalized spacial score (nSPS) is 12.3. The number of carbonyl (C=O) groups is 1. The second-order valence-electron chi connectivity index (χ2n) is 5.99. The first kappa shape index (κ1) is 20.4. The molecule has 142 valence electrons. The quantitative estimate of drug-likeness (QED) is 0.542. The van der Waals surface area contributed by atoms with Crippen LogP contribution in [-0.4, -0.2) is 31.8 Å². The van der Waals surface area contributed by atoms with Gasteiger partial charge in [-0.15, -0.1) is 0 Å². The number of methoxy groups -OCH3 is 1. The van der Waals surface area contributed by atoms with Crippen LogP contribution in [0.2, 0.25) is 0 Å². The Morgan fingerprint density at radius 2 is 1.70 bits per heavy atom. The van der Waals surface area contributed by atoms with Crippen molar-refractivity contribution in [1.29, 1.82) is 0 Å². The van der Waals surface area contributed by atoms with Gasteiger partial charge in [-0.2, -0.15) is 0 Å². The first-order valence-electron chi connectivity index (χ1n) is 9.28. The fourth-order valence-electron chi connectivity index (χ4n) is 3.03. The van der Waals surface area contributed by atoms with E-state index in [1.165, 1.54) is 0 Å². The van der Waals surface area contributed by atoms with Gasteiger partial charge in [-0.05, 0) is 56.7 Å². The van der Waals surface area contributed by atoms with Crippen LogP contribution in [0, 0.1) is 11.8 Å².